The van der Waals surface area contributed by atoms with Crippen LogP contribution in [0.1, 0.15) is 10.4 Å². The Morgan fingerprint density at radius 2 is 1.60 bits per heavy atom. The lowest BCUT2D eigenvalue weighted by Gasteiger charge is -2.09. The minimum absolute atomic E-state index is 0. The maximum atomic E-state index is 12.6. The van der Waals surface area contributed by atoms with Crippen molar-refractivity contribution in [3.8, 4) is 16.9 Å². The molecule has 0 aliphatic carbocycles. The van der Waals surface area contributed by atoms with E-state index >= 15 is 0 Å². The summed E-state index contributed by atoms with van der Waals surface area (Å²) < 4.78 is 1.84. The van der Waals surface area contributed by atoms with Gasteiger partial charge in [-0.15, -0.1) is 11.3 Å². The lowest BCUT2D eigenvalue weighted by Crippen LogP contribution is -3.00. The van der Waals surface area contributed by atoms with Crippen LogP contribution >= 0.6 is 11.3 Å². The third kappa shape index (κ3) is 4.45. The van der Waals surface area contributed by atoms with Gasteiger partial charge >= 0.3 is 0 Å². The Labute approximate surface area is 186 Å². The zero-order chi connectivity index (χ0) is 20.2. The van der Waals surface area contributed by atoms with Gasteiger partial charge in [-0.2, -0.15) is 4.99 Å². The topological polar surface area (TPSA) is 77.5 Å². The Hall–Kier alpha value is -3.36. The van der Waals surface area contributed by atoms with Gasteiger partial charge in [0, 0.05) is 34.3 Å². The number of nitrogens with zero attached hydrogens (tertiary/aromatic N) is 3. The van der Waals surface area contributed by atoms with Crippen LogP contribution in [-0.2, 0) is 0 Å². The van der Waals surface area contributed by atoms with Crippen molar-refractivity contribution in [1.82, 2.24) is 4.57 Å². The molecule has 0 bridgehead atoms. The highest BCUT2D eigenvalue weighted by molar-refractivity contribution is 7.07. The number of rotatable bonds is 4. The first-order valence-corrected chi connectivity index (χ1v) is 9.66. The zero-order valence-electron chi connectivity index (χ0n) is 15.5. The molecule has 1 aromatic heterocycles. The number of hydrogen-bond donors (Lipinski definition) is 0. The highest BCUT2D eigenvalue weighted by atomic mass is 79.9. The second-order valence-electron chi connectivity index (χ2n) is 6.16. The monoisotopic (exact) mass is 480 g/mol. The molecule has 1 amide bonds. The van der Waals surface area contributed by atoms with Crippen molar-refractivity contribution in [2.45, 2.75) is 0 Å². The van der Waals surface area contributed by atoms with Crippen LogP contribution in [0.15, 0.2) is 95.3 Å². The third-order valence-electron chi connectivity index (χ3n) is 4.29. The number of halogens is 1. The van der Waals surface area contributed by atoms with Crippen LogP contribution in [0.3, 0.4) is 0 Å². The van der Waals surface area contributed by atoms with Crippen LogP contribution in [0.5, 0.6) is 0 Å². The van der Waals surface area contributed by atoms with Gasteiger partial charge in [0.25, 0.3) is 11.6 Å². The molecule has 8 heteroatoms. The summed E-state index contributed by atoms with van der Waals surface area (Å²) in [6.45, 7) is 0. The van der Waals surface area contributed by atoms with E-state index in [-0.39, 0.29) is 28.6 Å². The van der Waals surface area contributed by atoms with Gasteiger partial charge < -0.3 is 17.0 Å². The largest absolute Gasteiger partial charge is 1.00 e. The summed E-state index contributed by atoms with van der Waals surface area (Å²) in [5.74, 6) is -0.345. The zero-order valence-corrected chi connectivity index (χ0v) is 17.9. The van der Waals surface area contributed by atoms with E-state index in [1.165, 1.54) is 23.5 Å². The lowest BCUT2D eigenvalue weighted by molar-refractivity contribution is -0.384. The maximum absolute atomic E-state index is 12.6. The Balaban J connectivity index is 0.00000256. The normalized spacial score (nSPS) is 11.0. The molecule has 0 aliphatic heterocycles. The number of amides is 1. The molecule has 0 aliphatic rings. The molecular formula is C22H15BrN3O3S-. The van der Waals surface area contributed by atoms with Gasteiger partial charge in [-0.3, -0.25) is 19.5 Å². The number of para-hydroxylation sites is 1. The van der Waals surface area contributed by atoms with Crippen LogP contribution < -0.4 is 21.8 Å². The molecule has 0 unspecified atom stereocenters. The maximum Gasteiger partial charge on any atom is 0.279 e. The summed E-state index contributed by atoms with van der Waals surface area (Å²) in [7, 11) is 0. The van der Waals surface area contributed by atoms with E-state index in [4.69, 9.17) is 0 Å². The standard InChI is InChI=1S/C22H15N3O3S.BrH/c26-21(16-8-3-1-4-9-16)23-22-24(18-11-5-2-6-12-18)20(15-29-22)17-10-7-13-19(14-17)25(27)28;/h1-15H;1H/p-1. The number of nitro groups is 1. The average Bonchev–Trinajstić information content (AvgIpc) is 3.18. The molecule has 0 saturated heterocycles. The van der Waals surface area contributed by atoms with Crippen LogP contribution in [0, 0.1) is 10.1 Å². The summed E-state index contributed by atoms with van der Waals surface area (Å²) in [5.41, 5.74) is 2.72. The van der Waals surface area contributed by atoms with E-state index in [0.29, 0.717) is 15.9 Å². The molecule has 150 valence electrons. The summed E-state index contributed by atoms with van der Waals surface area (Å²) in [6.07, 6.45) is 0. The van der Waals surface area contributed by atoms with Gasteiger partial charge in [0.2, 0.25) is 0 Å². The SMILES string of the molecule is O=C(N=c1scc(-c2cccc([N+](=O)[O-])c2)n1-c1ccccc1)c1ccccc1.[Br-]. The summed E-state index contributed by atoms with van der Waals surface area (Å²) >= 11 is 1.31. The predicted molar refractivity (Wildman–Crippen MR) is 112 cm³/mol. The van der Waals surface area contributed by atoms with Crippen molar-refractivity contribution >= 4 is 22.9 Å². The van der Waals surface area contributed by atoms with Crippen molar-refractivity contribution in [2.75, 3.05) is 0 Å². The minimum atomic E-state index is -0.424. The Morgan fingerprint density at radius 3 is 2.27 bits per heavy atom. The Morgan fingerprint density at radius 1 is 0.933 bits per heavy atom. The number of nitro benzene ring substituents is 1. The number of benzene rings is 3. The molecule has 6 nitrogen and oxygen atoms in total. The minimum Gasteiger partial charge on any atom is -1.00 e. The van der Waals surface area contributed by atoms with Crippen LogP contribution in [0.4, 0.5) is 5.69 Å². The highest BCUT2D eigenvalue weighted by Crippen LogP contribution is 2.26. The second-order valence-corrected chi connectivity index (χ2v) is 7.00. The average molecular weight is 481 g/mol. The molecule has 4 rings (SSSR count). The molecular weight excluding hydrogens is 466 g/mol. The van der Waals surface area contributed by atoms with Crippen molar-refractivity contribution in [2.24, 2.45) is 4.99 Å². The number of non-ortho nitro benzene ring substituents is 1. The van der Waals surface area contributed by atoms with E-state index < -0.39 is 4.92 Å². The number of aromatic nitrogens is 1. The van der Waals surface area contributed by atoms with Crippen LogP contribution in [-0.4, -0.2) is 15.4 Å². The van der Waals surface area contributed by atoms with E-state index in [9.17, 15) is 14.9 Å². The fourth-order valence-electron chi connectivity index (χ4n) is 2.93. The molecule has 30 heavy (non-hydrogen) atoms. The third-order valence-corrected chi connectivity index (χ3v) is 5.12. The number of thiazole rings is 1. The summed E-state index contributed by atoms with van der Waals surface area (Å²) in [4.78, 5) is 28.2. The quantitative estimate of drug-likeness (QED) is 0.330. The number of carbonyl (C=O) groups excluding carboxylic acids is 1. The highest BCUT2D eigenvalue weighted by Gasteiger charge is 2.14. The molecule has 0 atom stereocenters. The Kier molecular flexibility index (Phi) is 6.71. The van der Waals surface area contributed by atoms with Crippen molar-refractivity contribution in [1.29, 1.82) is 0 Å². The molecule has 1 heterocycles. The van der Waals surface area contributed by atoms with Crippen molar-refractivity contribution < 1.29 is 26.7 Å². The molecule has 0 fully saturated rings. The fraction of sp³-hybridized carbons (Fsp3) is 0. The van der Waals surface area contributed by atoms with Gasteiger partial charge in [0.1, 0.15) is 0 Å². The Bertz CT molecular complexity index is 1250. The van der Waals surface area contributed by atoms with Gasteiger partial charge in [-0.1, -0.05) is 48.5 Å². The first kappa shape index (κ1) is 21.4. The van der Waals surface area contributed by atoms with Gasteiger partial charge in [-0.05, 0) is 24.3 Å². The molecule has 3 aromatic carbocycles. The second kappa shape index (κ2) is 9.43. The molecule has 0 N–H and O–H groups in total. The first-order valence-electron chi connectivity index (χ1n) is 8.78. The van der Waals surface area contributed by atoms with Crippen LogP contribution in [0.25, 0.3) is 16.9 Å². The van der Waals surface area contributed by atoms with E-state index in [1.54, 1.807) is 36.4 Å². The van der Waals surface area contributed by atoms with Crippen molar-refractivity contribution in [3.05, 3.63) is 111 Å². The molecule has 0 saturated carbocycles. The van der Waals surface area contributed by atoms with Gasteiger partial charge in [0.15, 0.2) is 4.80 Å². The summed E-state index contributed by atoms with van der Waals surface area (Å²) in [6, 6.07) is 24.7. The molecule has 4 aromatic rings. The number of hydrogen-bond acceptors (Lipinski definition) is 4. The van der Waals surface area contributed by atoms with Gasteiger partial charge in [0.05, 0.1) is 10.6 Å². The number of carbonyl (C=O) groups is 1. The molecule has 0 radical (unpaired) electrons. The lowest BCUT2D eigenvalue weighted by atomic mass is 10.1. The molecule has 0 spiro atoms. The van der Waals surface area contributed by atoms with Crippen molar-refractivity contribution in [3.63, 3.8) is 0 Å². The van der Waals surface area contributed by atoms with Crippen LogP contribution in [0.2, 0.25) is 0 Å². The van der Waals surface area contributed by atoms with E-state index in [1.807, 2.05) is 46.3 Å². The van der Waals surface area contributed by atoms with E-state index in [0.717, 1.165) is 11.4 Å². The first-order chi connectivity index (χ1) is 14.1. The smallest absolute Gasteiger partial charge is 0.279 e. The predicted octanol–water partition coefficient (Wildman–Crippen LogP) is 1.86. The summed E-state index contributed by atoms with van der Waals surface area (Å²) in [5, 5.41) is 13.0. The van der Waals surface area contributed by atoms with Gasteiger partial charge in [-0.25, -0.2) is 0 Å². The van der Waals surface area contributed by atoms with E-state index in [2.05, 4.69) is 4.99 Å². The fourth-order valence-corrected chi connectivity index (χ4v) is 3.83.